The van der Waals surface area contributed by atoms with Gasteiger partial charge in [0.15, 0.2) is 0 Å². The van der Waals surface area contributed by atoms with Gasteiger partial charge in [0.05, 0.1) is 18.7 Å². The highest BCUT2D eigenvalue weighted by Crippen LogP contribution is 2.21. The maximum atomic E-state index is 13.4. The number of benzene rings is 2. The first-order valence-corrected chi connectivity index (χ1v) is 12.9. The molecular formula is C29H37N3O6. The summed E-state index contributed by atoms with van der Waals surface area (Å²) in [5.41, 5.74) is 1.35. The highest BCUT2D eigenvalue weighted by molar-refractivity contribution is 5.92. The molecule has 0 bridgehead atoms. The Morgan fingerprint density at radius 2 is 1.68 bits per heavy atom. The number of hydrogen-bond donors (Lipinski definition) is 2. The van der Waals surface area contributed by atoms with Gasteiger partial charge in [0.25, 0.3) is 0 Å². The van der Waals surface area contributed by atoms with Crippen LogP contribution >= 0.6 is 0 Å². The SMILES string of the molecule is COc1ccc(C(=O)OC[C@H](Cc2ccccc2)NC(=O)[C@@H]2CCCN2C(=O)[C@@H](NC(C)=O)C(C)C)cc1. The van der Waals surface area contributed by atoms with Crippen molar-refractivity contribution in [2.75, 3.05) is 20.3 Å². The van der Waals surface area contributed by atoms with E-state index >= 15 is 0 Å². The summed E-state index contributed by atoms with van der Waals surface area (Å²) in [6, 6.07) is 14.3. The summed E-state index contributed by atoms with van der Waals surface area (Å²) in [5.74, 6) is -0.865. The van der Waals surface area contributed by atoms with Crippen LogP contribution in [0.15, 0.2) is 54.6 Å². The largest absolute Gasteiger partial charge is 0.497 e. The third kappa shape index (κ3) is 7.81. The molecule has 9 heteroatoms. The van der Waals surface area contributed by atoms with Crippen LogP contribution in [-0.2, 0) is 25.5 Å². The van der Waals surface area contributed by atoms with Crippen molar-refractivity contribution in [3.8, 4) is 5.75 Å². The number of ether oxygens (including phenoxy) is 2. The standard InChI is InChI=1S/C29H37N3O6/c1-19(2)26(30-20(3)33)28(35)32-16-8-11-25(32)27(34)31-23(17-21-9-6-5-7-10-21)18-38-29(36)22-12-14-24(37-4)15-13-22/h5-7,9-10,12-15,19,23,25-26H,8,11,16-18H2,1-4H3,(H,30,33)(H,31,34)/t23-,25-,26-/m0/s1. The molecule has 1 aliphatic heterocycles. The van der Waals surface area contributed by atoms with Gasteiger partial charge < -0.3 is 25.0 Å². The van der Waals surface area contributed by atoms with Crippen molar-refractivity contribution < 1.29 is 28.7 Å². The van der Waals surface area contributed by atoms with E-state index in [0.717, 1.165) is 5.56 Å². The Kier molecular flexibility index (Phi) is 10.3. The lowest BCUT2D eigenvalue weighted by Gasteiger charge is -2.31. The lowest BCUT2D eigenvalue weighted by molar-refractivity contribution is -0.142. The number of carbonyl (C=O) groups excluding carboxylic acids is 4. The number of nitrogens with zero attached hydrogens (tertiary/aromatic N) is 1. The number of esters is 1. The molecule has 0 spiro atoms. The third-order valence-electron chi connectivity index (χ3n) is 6.54. The molecule has 3 atom stereocenters. The fraction of sp³-hybridized carbons (Fsp3) is 0.448. The third-order valence-corrected chi connectivity index (χ3v) is 6.54. The molecule has 3 amide bonds. The highest BCUT2D eigenvalue weighted by Gasteiger charge is 2.39. The Hall–Kier alpha value is -3.88. The minimum Gasteiger partial charge on any atom is -0.497 e. The molecule has 2 N–H and O–H groups in total. The number of nitrogens with one attached hydrogen (secondary N) is 2. The van der Waals surface area contributed by atoms with E-state index in [4.69, 9.17) is 9.47 Å². The van der Waals surface area contributed by atoms with Gasteiger partial charge in [-0.15, -0.1) is 0 Å². The van der Waals surface area contributed by atoms with Gasteiger partial charge in [-0.3, -0.25) is 14.4 Å². The maximum Gasteiger partial charge on any atom is 0.338 e. The van der Waals surface area contributed by atoms with E-state index in [2.05, 4.69) is 10.6 Å². The van der Waals surface area contributed by atoms with Gasteiger partial charge in [-0.2, -0.15) is 0 Å². The highest BCUT2D eigenvalue weighted by atomic mass is 16.5. The summed E-state index contributed by atoms with van der Waals surface area (Å²) >= 11 is 0. The lowest BCUT2D eigenvalue weighted by atomic mass is 10.0. The van der Waals surface area contributed by atoms with Gasteiger partial charge in [0, 0.05) is 13.5 Å². The van der Waals surface area contributed by atoms with Crippen LogP contribution in [0.4, 0.5) is 0 Å². The van der Waals surface area contributed by atoms with Gasteiger partial charge in [0.2, 0.25) is 17.7 Å². The molecule has 1 saturated heterocycles. The fourth-order valence-electron chi connectivity index (χ4n) is 4.55. The van der Waals surface area contributed by atoms with Crippen LogP contribution in [0.25, 0.3) is 0 Å². The molecule has 9 nitrogen and oxygen atoms in total. The molecule has 0 saturated carbocycles. The number of amides is 3. The summed E-state index contributed by atoms with van der Waals surface area (Å²) in [4.78, 5) is 52.6. The number of carbonyl (C=O) groups is 4. The van der Waals surface area contributed by atoms with Crippen LogP contribution in [0.2, 0.25) is 0 Å². The summed E-state index contributed by atoms with van der Waals surface area (Å²) in [5, 5.41) is 5.73. The van der Waals surface area contributed by atoms with E-state index in [1.54, 1.807) is 36.3 Å². The first-order chi connectivity index (χ1) is 18.2. The van der Waals surface area contributed by atoms with Crippen LogP contribution in [-0.4, -0.2) is 67.0 Å². The van der Waals surface area contributed by atoms with E-state index in [9.17, 15) is 19.2 Å². The Morgan fingerprint density at radius 3 is 2.29 bits per heavy atom. The van der Waals surface area contributed by atoms with E-state index in [1.165, 1.54) is 6.92 Å². The minimum absolute atomic E-state index is 0.0350. The van der Waals surface area contributed by atoms with Gasteiger partial charge in [0.1, 0.15) is 24.4 Å². The molecule has 38 heavy (non-hydrogen) atoms. The van der Waals surface area contributed by atoms with E-state index in [0.29, 0.717) is 37.1 Å². The fourth-order valence-corrected chi connectivity index (χ4v) is 4.55. The Morgan fingerprint density at radius 1 is 1.00 bits per heavy atom. The lowest BCUT2D eigenvalue weighted by Crippen LogP contribution is -2.56. The van der Waals surface area contributed by atoms with Crippen LogP contribution in [0, 0.1) is 5.92 Å². The maximum absolute atomic E-state index is 13.4. The molecular weight excluding hydrogens is 486 g/mol. The molecule has 1 fully saturated rings. The number of likely N-dealkylation sites (tertiary alicyclic amines) is 1. The Bertz CT molecular complexity index is 1100. The molecule has 0 radical (unpaired) electrons. The first kappa shape index (κ1) is 28.7. The predicted molar refractivity (Wildman–Crippen MR) is 143 cm³/mol. The quantitative estimate of drug-likeness (QED) is 0.438. The second-order valence-electron chi connectivity index (χ2n) is 9.83. The topological polar surface area (TPSA) is 114 Å². The number of hydrogen-bond acceptors (Lipinski definition) is 6. The van der Waals surface area contributed by atoms with Gasteiger partial charge >= 0.3 is 5.97 Å². The first-order valence-electron chi connectivity index (χ1n) is 12.9. The van der Waals surface area contributed by atoms with Crippen LogP contribution < -0.4 is 15.4 Å². The van der Waals surface area contributed by atoms with Crippen LogP contribution in [0.5, 0.6) is 5.75 Å². The summed E-state index contributed by atoms with van der Waals surface area (Å²) in [6.07, 6.45) is 1.65. The number of methoxy groups -OCH3 is 1. The summed E-state index contributed by atoms with van der Waals surface area (Å²) in [6.45, 7) is 5.49. The van der Waals surface area contributed by atoms with Crippen molar-refractivity contribution in [2.24, 2.45) is 5.92 Å². The molecule has 0 aromatic heterocycles. The van der Waals surface area contributed by atoms with Crippen molar-refractivity contribution in [3.63, 3.8) is 0 Å². The Balaban J connectivity index is 1.71. The molecule has 0 aliphatic carbocycles. The Labute approximate surface area is 223 Å². The van der Waals surface area contributed by atoms with E-state index in [-0.39, 0.29) is 30.2 Å². The van der Waals surface area contributed by atoms with Gasteiger partial charge in [-0.05, 0) is 55.0 Å². The zero-order valence-electron chi connectivity index (χ0n) is 22.4. The second kappa shape index (κ2) is 13.6. The molecule has 1 aliphatic rings. The zero-order chi connectivity index (χ0) is 27.7. The van der Waals surface area contributed by atoms with E-state index < -0.39 is 24.1 Å². The second-order valence-corrected chi connectivity index (χ2v) is 9.83. The molecule has 3 rings (SSSR count). The van der Waals surface area contributed by atoms with Crippen molar-refractivity contribution in [3.05, 3.63) is 65.7 Å². The van der Waals surface area contributed by atoms with E-state index in [1.807, 2.05) is 44.2 Å². The van der Waals surface area contributed by atoms with Crippen molar-refractivity contribution in [1.82, 2.24) is 15.5 Å². The van der Waals surface area contributed by atoms with Crippen molar-refractivity contribution in [2.45, 2.75) is 58.2 Å². The molecule has 1 heterocycles. The minimum atomic E-state index is -0.702. The molecule has 2 aromatic carbocycles. The van der Waals surface area contributed by atoms with Crippen molar-refractivity contribution in [1.29, 1.82) is 0 Å². The summed E-state index contributed by atoms with van der Waals surface area (Å²) in [7, 11) is 1.55. The average Bonchev–Trinajstić information content (AvgIpc) is 3.40. The predicted octanol–water partition coefficient (Wildman–Crippen LogP) is 2.73. The molecule has 204 valence electrons. The van der Waals surface area contributed by atoms with Gasteiger partial charge in [-0.1, -0.05) is 44.2 Å². The normalized spacial score (nSPS) is 16.4. The van der Waals surface area contributed by atoms with Gasteiger partial charge in [-0.25, -0.2) is 4.79 Å². The van der Waals surface area contributed by atoms with Crippen LogP contribution in [0.3, 0.4) is 0 Å². The zero-order valence-corrected chi connectivity index (χ0v) is 22.4. The molecule has 0 unspecified atom stereocenters. The smallest absolute Gasteiger partial charge is 0.338 e. The average molecular weight is 524 g/mol. The summed E-state index contributed by atoms with van der Waals surface area (Å²) < 4.78 is 10.7. The number of rotatable bonds is 11. The van der Waals surface area contributed by atoms with Crippen LogP contribution in [0.1, 0.15) is 49.5 Å². The monoisotopic (exact) mass is 523 g/mol. The van der Waals surface area contributed by atoms with Crippen molar-refractivity contribution >= 4 is 23.7 Å². The molecule has 2 aromatic rings.